The van der Waals surface area contributed by atoms with Gasteiger partial charge in [0.2, 0.25) is 0 Å². The number of esters is 1. The van der Waals surface area contributed by atoms with E-state index in [0.29, 0.717) is 17.1 Å². The van der Waals surface area contributed by atoms with Crippen LogP contribution in [-0.2, 0) is 9.53 Å². The third-order valence-corrected chi connectivity index (χ3v) is 4.43. The van der Waals surface area contributed by atoms with Crippen LogP contribution in [0.5, 0.6) is 17.2 Å². The van der Waals surface area contributed by atoms with Crippen molar-refractivity contribution in [2.75, 3.05) is 27.9 Å². The van der Waals surface area contributed by atoms with Crippen LogP contribution in [-0.4, -0.2) is 39.8 Å². The number of nitrogens with one attached hydrogen (secondary N) is 1. The molecule has 0 aromatic heterocycles. The fourth-order valence-electron chi connectivity index (χ4n) is 2.79. The molecule has 0 aliphatic heterocycles. The Morgan fingerprint density at radius 3 is 2.17 bits per heavy atom. The van der Waals surface area contributed by atoms with Crippen molar-refractivity contribution in [1.29, 1.82) is 0 Å². The molecule has 0 spiro atoms. The highest BCUT2D eigenvalue weighted by Crippen LogP contribution is 2.29. The predicted molar refractivity (Wildman–Crippen MR) is 109 cm³/mol. The Morgan fingerprint density at radius 1 is 0.931 bits per heavy atom. The summed E-state index contributed by atoms with van der Waals surface area (Å²) in [7, 11) is 4.36. The molecule has 0 saturated heterocycles. The van der Waals surface area contributed by atoms with E-state index in [1.807, 2.05) is 38.1 Å². The zero-order chi connectivity index (χ0) is 21.4. The molecule has 2 aromatic rings. The SMILES string of the molecule is COC(=O)COc1ccc(C(=O)NC(c2ccc(OC)cc2)C(C)C)cc1OC. The highest BCUT2D eigenvalue weighted by Gasteiger charge is 2.20. The third-order valence-electron chi connectivity index (χ3n) is 4.43. The molecular weight excluding hydrogens is 374 g/mol. The molecule has 0 saturated carbocycles. The molecule has 7 heteroatoms. The topological polar surface area (TPSA) is 83.1 Å². The molecule has 7 nitrogen and oxygen atoms in total. The minimum absolute atomic E-state index is 0.172. The second kappa shape index (κ2) is 10.4. The summed E-state index contributed by atoms with van der Waals surface area (Å²) < 4.78 is 20.4. The van der Waals surface area contributed by atoms with E-state index in [-0.39, 0.29) is 24.5 Å². The minimum Gasteiger partial charge on any atom is -0.497 e. The summed E-state index contributed by atoms with van der Waals surface area (Å²) in [6.45, 7) is 3.84. The van der Waals surface area contributed by atoms with Gasteiger partial charge in [-0.25, -0.2) is 4.79 Å². The average Bonchev–Trinajstić information content (AvgIpc) is 2.75. The maximum Gasteiger partial charge on any atom is 0.343 e. The first-order valence-electron chi connectivity index (χ1n) is 9.22. The van der Waals surface area contributed by atoms with Crippen LogP contribution in [0.3, 0.4) is 0 Å². The van der Waals surface area contributed by atoms with Crippen molar-refractivity contribution in [3.8, 4) is 17.2 Å². The van der Waals surface area contributed by atoms with Crippen LogP contribution in [0.4, 0.5) is 0 Å². The lowest BCUT2D eigenvalue weighted by Crippen LogP contribution is -2.31. The quantitative estimate of drug-likeness (QED) is 0.649. The Labute approximate surface area is 170 Å². The Bertz CT molecular complexity index is 832. The number of ether oxygens (including phenoxy) is 4. The van der Waals surface area contributed by atoms with Crippen LogP contribution in [0.15, 0.2) is 42.5 Å². The monoisotopic (exact) mass is 401 g/mol. The molecule has 156 valence electrons. The summed E-state index contributed by atoms with van der Waals surface area (Å²) in [5.74, 6) is 0.898. The van der Waals surface area contributed by atoms with Crippen LogP contribution in [0.25, 0.3) is 0 Å². The fourth-order valence-corrected chi connectivity index (χ4v) is 2.79. The molecule has 0 heterocycles. The van der Waals surface area contributed by atoms with Crippen LogP contribution in [0.1, 0.15) is 35.8 Å². The van der Waals surface area contributed by atoms with Gasteiger partial charge in [0.15, 0.2) is 18.1 Å². The van der Waals surface area contributed by atoms with Crippen LogP contribution in [0, 0.1) is 5.92 Å². The van der Waals surface area contributed by atoms with E-state index in [1.54, 1.807) is 25.3 Å². The number of amides is 1. The number of hydrogen-bond acceptors (Lipinski definition) is 6. The number of carbonyl (C=O) groups excluding carboxylic acids is 2. The largest absolute Gasteiger partial charge is 0.497 e. The normalized spacial score (nSPS) is 11.5. The summed E-state index contributed by atoms with van der Waals surface area (Å²) in [6.07, 6.45) is 0. The highest BCUT2D eigenvalue weighted by atomic mass is 16.6. The van der Waals surface area contributed by atoms with E-state index in [1.165, 1.54) is 14.2 Å². The number of rotatable bonds is 9. The molecule has 1 amide bonds. The maximum absolute atomic E-state index is 12.8. The molecule has 29 heavy (non-hydrogen) atoms. The summed E-state index contributed by atoms with van der Waals surface area (Å²) >= 11 is 0. The van der Waals surface area contributed by atoms with Gasteiger partial charge in [-0.1, -0.05) is 26.0 Å². The van der Waals surface area contributed by atoms with Gasteiger partial charge < -0.3 is 24.3 Å². The fraction of sp³-hybridized carbons (Fsp3) is 0.364. The molecule has 1 atom stereocenters. The Balaban J connectivity index is 2.17. The molecule has 1 N–H and O–H groups in total. The lowest BCUT2D eigenvalue weighted by Gasteiger charge is -2.23. The number of carbonyl (C=O) groups is 2. The molecule has 0 bridgehead atoms. The summed E-state index contributed by atoms with van der Waals surface area (Å²) in [5, 5.41) is 3.07. The van der Waals surface area contributed by atoms with Crippen molar-refractivity contribution in [3.63, 3.8) is 0 Å². The van der Waals surface area contributed by atoms with E-state index in [2.05, 4.69) is 10.1 Å². The lowest BCUT2D eigenvalue weighted by atomic mass is 9.95. The Hall–Kier alpha value is -3.22. The molecule has 0 fully saturated rings. The van der Waals surface area contributed by atoms with Crippen molar-refractivity contribution in [2.45, 2.75) is 19.9 Å². The van der Waals surface area contributed by atoms with Crippen LogP contribution < -0.4 is 19.5 Å². The van der Waals surface area contributed by atoms with Gasteiger partial charge >= 0.3 is 5.97 Å². The molecule has 0 aliphatic carbocycles. The van der Waals surface area contributed by atoms with Gasteiger partial charge in [0, 0.05) is 5.56 Å². The van der Waals surface area contributed by atoms with Gasteiger partial charge in [-0.05, 0) is 41.8 Å². The average molecular weight is 401 g/mol. The molecule has 2 rings (SSSR count). The van der Waals surface area contributed by atoms with Crippen molar-refractivity contribution in [1.82, 2.24) is 5.32 Å². The molecule has 0 radical (unpaired) electrons. The van der Waals surface area contributed by atoms with Gasteiger partial charge in [0.05, 0.1) is 27.4 Å². The first kappa shape index (κ1) is 22.1. The predicted octanol–water partition coefficient (Wildman–Crippen LogP) is 3.38. The maximum atomic E-state index is 12.8. The van der Waals surface area contributed by atoms with E-state index in [4.69, 9.17) is 14.2 Å². The van der Waals surface area contributed by atoms with E-state index in [0.717, 1.165) is 11.3 Å². The number of hydrogen-bond donors (Lipinski definition) is 1. The zero-order valence-electron chi connectivity index (χ0n) is 17.4. The highest BCUT2D eigenvalue weighted by molar-refractivity contribution is 5.95. The number of benzene rings is 2. The smallest absolute Gasteiger partial charge is 0.343 e. The standard InChI is InChI=1S/C22H27NO6/c1-14(2)21(15-6-9-17(26-3)10-7-15)23-22(25)16-8-11-18(19(12-16)27-4)29-13-20(24)28-5/h6-12,14,21H,13H2,1-5H3,(H,23,25). The second-order valence-corrected chi connectivity index (χ2v) is 6.70. The van der Waals surface area contributed by atoms with Gasteiger partial charge in [-0.15, -0.1) is 0 Å². The Kier molecular flexibility index (Phi) is 7.88. The number of methoxy groups -OCH3 is 3. The van der Waals surface area contributed by atoms with Crippen LogP contribution in [0.2, 0.25) is 0 Å². The molecule has 2 aromatic carbocycles. The first-order valence-corrected chi connectivity index (χ1v) is 9.22. The first-order chi connectivity index (χ1) is 13.9. The second-order valence-electron chi connectivity index (χ2n) is 6.70. The summed E-state index contributed by atoms with van der Waals surface area (Å²) in [5.41, 5.74) is 1.41. The van der Waals surface area contributed by atoms with Gasteiger partial charge in [-0.3, -0.25) is 4.79 Å². The molecular formula is C22H27NO6. The summed E-state index contributed by atoms with van der Waals surface area (Å²) in [6, 6.07) is 12.2. The van der Waals surface area contributed by atoms with Crippen LogP contribution >= 0.6 is 0 Å². The minimum atomic E-state index is -0.506. The van der Waals surface area contributed by atoms with Crippen molar-refractivity contribution < 1.29 is 28.5 Å². The van der Waals surface area contributed by atoms with E-state index in [9.17, 15) is 9.59 Å². The van der Waals surface area contributed by atoms with Crippen molar-refractivity contribution in [2.24, 2.45) is 5.92 Å². The van der Waals surface area contributed by atoms with E-state index < -0.39 is 5.97 Å². The third kappa shape index (κ3) is 5.88. The van der Waals surface area contributed by atoms with Crippen molar-refractivity contribution >= 4 is 11.9 Å². The zero-order valence-corrected chi connectivity index (χ0v) is 17.4. The van der Waals surface area contributed by atoms with Crippen molar-refractivity contribution in [3.05, 3.63) is 53.6 Å². The Morgan fingerprint density at radius 2 is 1.62 bits per heavy atom. The van der Waals surface area contributed by atoms with E-state index >= 15 is 0 Å². The molecule has 1 unspecified atom stereocenters. The lowest BCUT2D eigenvalue weighted by molar-refractivity contribution is -0.142. The van der Waals surface area contributed by atoms with Gasteiger partial charge in [-0.2, -0.15) is 0 Å². The summed E-state index contributed by atoms with van der Waals surface area (Å²) in [4.78, 5) is 24.1. The van der Waals surface area contributed by atoms with Gasteiger partial charge in [0.1, 0.15) is 5.75 Å². The molecule has 0 aliphatic rings. The van der Waals surface area contributed by atoms with Gasteiger partial charge in [0.25, 0.3) is 5.91 Å².